The molecule has 0 radical (unpaired) electrons. The normalized spacial score (nSPS) is 11.9. The molecule has 0 spiro atoms. The highest BCUT2D eigenvalue weighted by atomic mass is 35.5. The van der Waals surface area contributed by atoms with Crippen molar-refractivity contribution in [2.24, 2.45) is 0 Å². The minimum atomic E-state index is -0.725. The van der Waals surface area contributed by atoms with Crippen molar-refractivity contribution >= 4 is 29.1 Å². The molecule has 6 heteroatoms. The van der Waals surface area contributed by atoms with Gasteiger partial charge in [0.05, 0.1) is 6.10 Å². The van der Waals surface area contributed by atoms with Crippen molar-refractivity contribution in [3.63, 3.8) is 0 Å². The summed E-state index contributed by atoms with van der Waals surface area (Å²) in [6.45, 7) is 5.79. The predicted octanol–water partition coefficient (Wildman–Crippen LogP) is 2.29. The summed E-state index contributed by atoms with van der Waals surface area (Å²) >= 11 is 6.16. The highest BCUT2D eigenvalue weighted by Crippen LogP contribution is 2.29. The zero-order valence-electron chi connectivity index (χ0n) is 13.2. The van der Waals surface area contributed by atoms with Gasteiger partial charge in [0.15, 0.2) is 0 Å². The minimum absolute atomic E-state index is 0.251. The van der Waals surface area contributed by atoms with E-state index in [2.05, 4.69) is 10.6 Å². The number of carbonyl (C=O) groups is 2. The molecule has 22 heavy (non-hydrogen) atoms. The highest BCUT2D eigenvalue weighted by molar-refractivity contribution is 6.40. The lowest BCUT2D eigenvalue weighted by Crippen LogP contribution is -2.37. The van der Waals surface area contributed by atoms with Gasteiger partial charge >= 0.3 is 11.8 Å². The van der Waals surface area contributed by atoms with Gasteiger partial charge in [-0.3, -0.25) is 9.59 Å². The maximum Gasteiger partial charge on any atom is 0.313 e. The molecule has 2 amide bonds. The lowest BCUT2D eigenvalue weighted by Gasteiger charge is -2.15. The standard InChI is InChI=1S/C16H23ClN2O3/c1-4-11-6-7-13(17)12(5-2)14(11)19-16(22)15(21)18-9-8-10(3)20/h6-7,10,20H,4-5,8-9H2,1-3H3,(H,18,21)(H,19,22). The third-order valence-corrected chi connectivity index (χ3v) is 3.72. The topological polar surface area (TPSA) is 78.4 Å². The minimum Gasteiger partial charge on any atom is -0.393 e. The fourth-order valence-corrected chi connectivity index (χ4v) is 2.40. The molecule has 1 aromatic rings. The first-order chi connectivity index (χ1) is 10.4. The second-order valence-electron chi connectivity index (χ2n) is 5.11. The quantitative estimate of drug-likeness (QED) is 0.702. The fraction of sp³-hybridized carbons (Fsp3) is 0.500. The molecule has 0 fully saturated rings. The van der Waals surface area contributed by atoms with Crippen LogP contribution in [0.1, 0.15) is 38.3 Å². The molecule has 0 aliphatic heterocycles. The van der Waals surface area contributed by atoms with E-state index < -0.39 is 17.9 Å². The Kier molecular flexibility index (Phi) is 7.35. The second-order valence-corrected chi connectivity index (χ2v) is 5.52. The first-order valence-electron chi connectivity index (χ1n) is 7.48. The van der Waals surface area contributed by atoms with Gasteiger partial charge in [0.2, 0.25) is 0 Å². The summed E-state index contributed by atoms with van der Waals surface area (Å²) in [4.78, 5) is 23.8. The number of aryl methyl sites for hydroxylation is 1. The molecule has 1 aromatic carbocycles. The summed E-state index contributed by atoms with van der Waals surface area (Å²) in [7, 11) is 0. The Balaban J connectivity index is 2.83. The van der Waals surface area contributed by atoms with E-state index in [0.717, 1.165) is 17.5 Å². The zero-order chi connectivity index (χ0) is 16.7. The van der Waals surface area contributed by atoms with Crippen LogP contribution in [0.2, 0.25) is 5.02 Å². The molecule has 3 N–H and O–H groups in total. The largest absolute Gasteiger partial charge is 0.393 e. The van der Waals surface area contributed by atoms with E-state index >= 15 is 0 Å². The maximum atomic E-state index is 12.0. The average molecular weight is 327 g/mol. The first kappa shape index (κ1) is 18.5. The van der Waals surface area contributed by atoms with E-state index in [9.17, 15) is 9.59 Å². The molecule has 0 saturated carbocycles. The molecule has 1 atom stereocenters. The van der Waals surface area contributed by atoms with Crippen LogP contribution in [0.3, 0.4) is 0 Å². The molecule has 0 aromatic heterocycles. The number of aliphatic hydroxyl groups excluding tert-OH is 1. The summed E-state index contributed by atoms with van der Waals surface area (Å²) in [5.41, 5.74) is 2.38. The molecule has 0 aliphatic rings. The summed E-state index contributed by atoms with van der Waals surface area (Å²) in [6.07, 6.45) is 1.26. The zero-order valence-corrected chi connectivity index (χ0v) is 14.0. The van der Waals surface area contributed by atoms with Crippen molar-refractivity contribution < 1.29 is 14.7 Å². The van der Waals surface area contributed by atoms with Crippen LogP contribution in [-0.2, 0) is 22.4 Å². The Morgan fingerprint density at radius 1 is 1.23 bits per heavy atom. The number of hydrogen-bond acceptors (Lipinski definition) is 3. The predicted molar refractivity (Wildman–Crippen MR) is 88.1 cm³/mol. The van der Waals surface area contributed by atoms with Crippen LogP contribution in [-0.4, -0.2) is 29.6 Å². The number of hydrogen-bond donors (Lipinski definition) is 3. The molecular formula is C16H23ClN2O3. The summed E-state index contributed by atoms with van der Waals surface area (Å²) in [6, 6.07) is 3.65. The Morgan fingerprint density at radius 3 is 2.45 bits per heavy atom. The number of halogens is 1. The van der Waals surface area contributed by atoms with E-state index in [4.69, 9.17) is 16.7 Å². The molecule has 1 unspecified atom stereocenters. The van der Waals surface area contributed by atoms with Gasteiger partial charge in [-0.25, -0.2) is 0 Å². The van der Waals surface area contributed by atoms with Gasteiger partial charge in [-0.15, -0.1) is 0 Å². The van der Waals surface area contributed by atoms with Crippen LogP contribution >= 0.6 is 11.6 Å². The van der Waals surface area contributed by atoms with E-state index in [1.165, 1.54) is 0 Å². The van der Waals surface area contributed by atoms with Crippen molar-refractivity contribution in [1.82, 2.24) is 5.32 Å². The first-order valence-corrected chi connectivity index (χ1v) is 7.85. The highest BCUT2D eigenvalue weighted by Gasteiger charge is 2.18. The summed E-state index contributed by atoms with van der Waals surface area (Å²) < 4.78 is 0. The third kappa shape index (κ3) is 5.00. The Bertz CT molecular complexity index is 544. The SMILES string of the molecule is CCc1ccc(Cl)c(CC)c1NC(=O)C(=O)NCCC(C)O. The fourth-order valence-electron chi connectivity index (χ4n) is 2.11. The average Bonchev–Trinajstić information content (AvgIpc) is 2.47. The van der Waals surface area contributed by atoms with Gasteiger partial charge in [0.1, 0.15) is 0 Å². The van der Waals surface area contributed by atoms with Gasteiger partial charge < -0.3 is 15.7 Å². The third-order valence-electron chi connectivity index (χ3n) is 3.37. The van der Waals surface area contributed by atoms with Gasteiger partial charge in [0.25, 0.3) is 0 Å². The van der Waals surface area contributed by atoms with Crippen LogP contribution < -0.4 is 10.6 Å². The Labute approximate surface area is 136 Å². The van der Waals surface area contributed by atoms with E-state index in [1.807, 2.05) is 19.9 Å². The van der Waals surface area contributed by atoms with Crippen molar-refractivity contribution in [1.29, 1.82) is 0 Å². The van der Waals surface area contributed by atoms with Crippen LogP contribution in [0.25, 0.3) is 0 Å². The molecule has 0 aliphatic carbocycles. The van der Waals surface area contributed by atoms with Gasteiger partial charge in [-0.1, -0.05) is 31.5 Å². The van der Waals surface area contributed by atoms with Crippen molar-refractivity contribution in [2.75, 3.05) is 11.9 Å². The number of amides is 2. The van der Waals surface area contributed by atoms with E-state index in [1.54, 1.807) is 13.0 Å². The van der Waals surface area contributed by atoms with Gasteiger partial charge in [-0.05, 0) is 43.4 Å². The lowest BCUT2D eigenvalue weighted by molar-refractivity contribution is -0.136. The molecule has 0 heterocycles. The molecule has 0 saturated heterocycles. The number of rotatable bonds is 6. The van der Waals surface area contributed by atoms with Crippen molar-refractivity contribution in [2.45, 2.75) is 46.1 Å². The van der Waals surface area contributed by atoms with E-state index in [-0.39, 0.29) is 6.54 Å². The van der Waals surface area contributed by atoms with Crippen LogP contribution in [0, 0.1) is 0 Å². The maximum absolute atomic E-state index is 12.0. The molecule has 0 bridgehead atoms. The molecule has 1 rings (SSSR count). The Hall–Kier alpha value is -1.59. The monoisotopic (exact) mass is 326 g/mol. The summed E-state index contributed by atoms with van der Waals surface area (Å²) in [5, 5.41) is 14.9. The van der Waals surface area contributed by atoms with E-state index in [0.29, 0.717) is 23.6 Å². The van der Waals surface area contributed by atoms with Crippen LogP contribution in [0.4, 0.5) is 5.69 Å². The van der Waals surface area contributed by atoms with Crippen molar-refractivity contribution in [3.05, 3.63) is 28.3 Å². The van der Waals surface area contributed by atoms with Crippen LogP contribution in [0.5, 0.6) is 0 Å². The molecule has 5 nitrogen and oxygen atoms in total. The van der Waals surface area contributed by atoms with Crippen molar-refractivity contribution in [3.8, 4) is 0 Å². The molecule has 122 valence electrons. The van der Waals surface area contributed by atoms with Gasteiger partial charge in [0, 0.05) is 17.3 Å². The number of benzene rings is 1. The summed E-state index contributed by atoms with van der Waals surface area (Å²) in [5.74, 6) is -1.44. The smallest absolute Gasteiger partial charge is 0.313 e. The number of carbonyl (C=O) groups excluding carboxylic acids is 2. The second kappa shape index (κ2) is 8.76. The van der Waals surface area contributed by atoms with Crippen LogP contribution in [0.15, 0.2) is 12.1 Å². The Morgan fingerprint density at radius 2 is 1.91 bits per heavy atom. The number of anilines is 1. The lowest BCUT2D eigenvalue weighted by atomic mass is 10.0. The van der Waals surface area contributed by atoms with Gasteiger partial charge in [-0.2, -0.15) is 0 Å². The number of aliphatic hydroxyl groups is 1. The molecular weight excluding hydrogens is 304 g/mol. The number of nitrogens with one attached hydrogen (secondary N) is 2.